The molecule has 1 nitrogen and oxygen atoms in total. The van der Waals surface area contributed by atoms with Gasteiger partial charge in [0.1, 0.15) is 0 Å². The van der Waals surface area contributed by atoms with Crippen LogP contribution in [0, 0.1) is 5.33 Å². The fourth-order valence-corrected chi connectivity index (χ4v) is 1.21. The van der Waals surface area contributed by atoms with Crippen LogP contribution in [0.5, 0.6) is 0 Å². The Morgan fingerprint density at radius 2 is 2.71 bits per heavy atom. The van der Waals surface area contributed by atoms with Gasteiger partial charge < -0.3 is 0 Å². The summed E-state index contributed by atoms with van der Waals surface area (Å²) in [5.41, 5.74) is 2.79. The number of aromatic nitrogens is 1. The lowest BCUT2D eigenvalue weighted by molar-refractivity contribution is 1.34. The van der Waals surface area contributed by atoms with Crippen LogP contribution in [-0.4, -0.2) is 4.98 Å². The van der Waals surface area contributed by atoms with Crippen molar-refractivity contribution in [1.82, 2.24) is 4.98 Å². The van der Waals surface area contributed by atoms with Crippen LogP contribution in [0.25, 0.3) is 0 Å². The van der Waals surface area contributed by atoms with Crippen LogP contribution in [0.3, 0.4) is 0 Å². The summed E-state index contributed by atoms with van der Waals surface area (Å²) in [5.74, 6) is 0. The molecule has 0 unspecified atom stereocenters. The van der Waals surface area contributed by atoms with Gasteiger partial charge >= 0.3 is 0 Å². The molecule has 1 heterocycles. The number of hydrogen-bond acceptors (Lipinski definition) is 2. The zero-order valence-corrected chi connectivity index (χ0v) is 5.87. The van der Waals surface area contributed by atoms with Crippen LogP contribution in [0.2, 0.25) is 0 Å². The van der Waals surface area contributed by atoms with E-state index in [-0.39, 0.29) is 0 Å². The van der Waals surface area contributed by atoms with E-state index in [1.54, 1.807) is 22.2 Å². The highest BCUT2D eigenvalue weighted by molar-refractivity contribution is 9.10. The van der Waals surface area contributed by atoms with Crippen LogP contribution in [0.15, 0.2) is 10.9 Å². The Hall–Kier alpha value is 0.110. The summed E-state index contributed by atoms with van der Waals surface area (Å²) in [7, 11) is 0. The molecule has 0 saturated carbocycles. The highest BCUT2D eigenvalue weighted by atomic mass is 79.9. The molecule has 0 amide bonds. The Bertz CT molecular complexity index is 126. The summed E-state index contributed by atoms with van der Waals surface area (Å²) >= 11 is 4.75. The largest absolute Gasteiger partial charge is 0.248 e. The van der Waals surface area contributed by atoms with Gasteiger partial charge in [0.2, 0.25) is 0 Å². The fourth-order valence-electron chi connectivity index (χ4n) is 0.276. The zero-order valence-electron chi connectivity index (χ0n) is 3.47. The van der Waals surface area contributed by atoms with Crippen LogP contribution in [0.4, 0.5) is 0 Å². The minimum Gasteiger partial charge on any atom is -0.248 e. The molecular weight excluding hydrogens is 174 g/mol. The third kappa shape index (κ3) is 1.24. The Balaban J connectivity index is 2.76. The van der Waals surface area contributed by atoms with E-state index in [9.17, 15) is 0 Å². The van der Waals surface area contributed by atoms with E-state index >= 15 is 0 Å². The van der Waals surface area contributed by atoms with Gasteiger partial charge in [-0.3, -0.25) is 0 Å². The lowest BCUT2D eigenvalue weighted by atomic mass is 10.6. The van der Waals surface area contributed by atoms with Crippen LogP contribution < -0.4 is 0 Å². The molecule has 1 aromatic heterocycles. The van der Waals surface area contributed by atoms with Crippen molar-refractivity contribution in [3.05, 3.63) is 21.9 Å². The minimum absolute atomic E-state index is 0.991. The number of halogens is 1. The summed E-state index contributed by atoms with van der Waals surface area (Å²) in [6.45, 7) is 0. The van der Waals surface area contributed by atoms with Gasteiger partial charge in [-0.25, -0.2) is 4.98 Å². The molecule has 0 spiro atoms. The van der Waals surface area contributed by atoms with Gasteiger partial charge in [0.15, 0.2) is 0 Å². The van der Waals surface area contributed by atoms with E-state index in [2.05, 4.69) is 20.9 Å². The second-order valence-corrected chi connectivity index (χ2v) is 2.20. The normalized spacial score (nSPS) is 9.29. The standard InChI is InChI=1S/C4H3BrNS/c5-1-4-2-7-3-6-4/h1-3H. The molecule has 7 heavy (non-hydrogen) atoms. The number of nitrogens with zero attached hydrogens (tertiary/aromatic N) is 1. The second kappa shape index (κ2) is 2.43. The van der Waals surface area contributed by atoms with E-state index in [0.29, 0.717) is 0 Å². The molecule has 0 fully saturated rings. The van der Waals surface area contributed by atoms with Gasteiger partial charge in [-0.1, -0.05) is 15.9 Å². The lowest BCUT2D eigenvalue weighted by Crippen LogP contribution is -1.66. The first kappa shape index (κ1) is 5.25. The van der Waals surface area contributed by atoms with Gasteiger partial charge in [-0.05, 0) is 0 Å². The van der Waals surface area contributed by atoms with Crippen molar-refractivity contribution in [3.8, 4) is 0 Å². The maximum absolute atomic E-state index is 3.95. The van der Waals surface area contributed by atoms with Crippen LogP contribution >= 0.6 is 27.3 Å². The molecule has 0 bridgehead atoms. The van der Waals surface area contributed by atoms with Crippen molar-refractivity contribution in [2.24, 2.45) is 0 Å². The first-order valence-corrected chi connectivity index (χ1v) is 3.61. The van der Waals surface area contributed by atoms with Gasteiger partial charge in [0.25, 0.3) is 0 Å². The lowest BCUT2D eigenvalue weighted by Gasteiger charge is -1.74. The fraction of sp³-hybridized carbons (Fsp3) is 0. The third-order valence-corrected chi connectivity index (χ3v) is 1.64. The monoisotopic (exact) mass is 176 g/mol. The molecule has 1 aromatic rings. The maximum atomic E-state index is 3.95. The Morgan fingerprint density at radius 3 is 3.00 bits per heavy atom. The average Bonchev–Trinajstić information content (AvgIpc) is 2.14. The average molecular weight is 177 g/mol. The molecular formula is C4H3BrNS. The second-order valence-electron chi connectivity index (χ2n) is 1.02. The molecule has 0 aliphatic heterocycles. The number of rotatable bonds is 1. The van der Waals surface area contributed by atoms with Crippen LogP contribution in [-0.2, 0) is 0 Å². The summed E-state index contributed by atoms with van der Waals surface area (Å²) in [6, 6.07) is 0. The van der Waals surface area contributed by atoms with E-state index in [1.807, 2.05) is 5.38 Å². The highest BCUT2D eigenvalue weighted by Crippen LogP contribution is 2.06. The van der Waals surface area contributed by atoms with E-state index in [1.165, 1.54) is 0 Å². The summed E-state index contributed by atoms with van der Waals surface area (Å²) in [5, 5.41) is 3.76. The molecule has 37 valence electrons. The van der Waals surface area contributed by atoms with E-state index < -0.39 is 0 Å². The molecule has 3 heteroatoms. The summed E-state index contributed by atoms with van der Waals surface area (Å²) < 4.78 is 0. The Kier molecular flexibility index (Phi) is 1.82. The summed E-state index contributed by atoms with van der Waals surface area (Å²) in [4.78, 5) is 3.95. The van der Waals surface area contributed by atoms with Gasteiger partial charge in [0, 0.05) is 5.38 Å². The molecule has 1 rings (SSSR count). The Morgan fingerprint density at radius 1 is 1.86 bits per heavy atom. The zero-order chi connectivity index (χ0) is 5.11. The first-order chi connectivity index (χ1) is 3.43. The predicted octanol–water partition coefficient (Wildman–Crippen LogP) is 2.05. The molecule has 0 atom stereocenters. The molecule has 0 N–H and O–H groups in total. The molecule has 0 aliphatic carbocycles. The van der Waals surface area contributed by atoms with Crippen molar-refractivity contribution in [1.29, 1.82) is 0 Å². The molecule has 1 radical (unpaired) electrons. The quantitative estimate of drug-likeness (QED) is 0.639. The molecule has 0 aliphatic rings. The van der Waals surface area contributed by atoms with E-state index in [0.717, 1.165) is 5.69 Å². The van der Waals surface area contributed by atoms with Crippen molar-refractivity contribution >= 4 is 27.3 Å². The Labute approximate surface area is 54.5 Å². The summed E-state index contributed by atoms with van der Waals surface area (Å²) in [6.07, 6.45) is 0. The number of thiazole rings is 1. The minimum atomic E-state index is 0.991. The topological polar surface area (TPSA) is 12.9 Å². The van der Waals surface area contributed by atoms with E-state index in [4.69, 9.17) is 0 Å². The maximum Gasteiger partial charge on any atom is 0.0795 e. The third-order valence-electron chi connectivity index (χ3n) is 0.563. The highest BCUT2D eigenvalue weighted by Gasteiger charge is 1.86. The smallest absolute Gasteiger partial charge is 0.0795 e. The van der Waals surface area contributed by atoms with Crippen molar-refractivity contribution in [3.63, 3.8) is 0 Å². The van der Waals surface area contributed by atoms with Gasteiger partial charge in [-0.2, -0.15) is 0 Å². The van der Waals surface area contributed by atoms with Gasteiger partial charge in [0.05, 0.1) is 16.5 Å². The van der Waals surface area contributed by atoms with Crippen molar-refractivity contribution in [2.45, 2.75) is 0 Å². The van der Waals surface area contributed by atoms with Crippen molar-refractivity contribution < 1.29 is 0 Å². The number of hydrogen-bond donors (Lipinski definition) is 0. The SMILES string of the molecule is Br[CH]c1cscn1. The first-order valence-electron chi connectivity index (χ1n) is 1.75. The van der Waals surface area contributed by atoms with Crippen molar-refractivity contribution in [2.75, 3.05) is 0 Å². The molecule has 0 aromatic carbocycles. The van der Waals surface area contributed by atoms with Gasteiger partial charge in [-0.15, -0.1) is 11.3 Å². The van der Waals surface area contributed by atoms with Crippen LogP contribution in [0.1, 0.15) is 5.69 Å². The molecule has 0 saturated heterocycles. The predicted molar refractivity (Wildman–Crippen MR) is 34.4 cm³/mol.